The van der Waals surface area contributed by atoms with E-state index in [1.165, 1.54) is 6.92 Å². The molecule has 1 aromatic rings. The highest BCUT2D eigenvalue weighted by atomic mass is 79.9. The maximum absolute atomic E-state index is 12.2. The third kappa shape index (κ3) is 2.34. The molecule has 1 heterocycles. The van der Waals surface area contributed by atoms with E-state index in [2.05, 4.69) is 20.9 Å². The van der Waals surface area contributed by atoms with Crippen molar-refractivity contribution in [2.45, 2.75) is 13.1 Å². The molecule has 0 bridgehead atoms. The summed E-state index contributed by atoms with van der Waals surface area (Å²) in [5.41, 5.74) is -0.899. The van der Waals surface area contributed by atoms with Gasteiger partial charge in [-0.1, -0.05) is 11.6 Å². The molecule has 0 amide bonds. The number of alkyl halides is 3. The standard InChI is InChI=1S/C7H4BrClF3N/c1-3-4(7(10,11)12)2-5(9)6(8)13-3/h2H,1H3. The molecule has 0 aromatic carbocycles. The predicted octanol–water partition coefficient (Wildman–Crippen LogP) is 3.82. The quantitative estimate of drug-likeness (QED) is 0.655. The van der Waals surface area contributed by atoms with Gasteiger partial charge in [-0.2, -0.15) is 13.2 Å². The molecule has 0 radical (unpaired) electrons. The topological polar surface area (TPSA) is 12.9 Å². The van der Waals surface area contributed by atoms with Gasteiger partial charge in [0.05, 0.1) is 16.3 Å². The summed E-state index contributed by atoms with van der Waals surface area (Å²) in [6, 6.07) is 0.855. The molecule has 0 saturated heterocycles. The van der Waals surface area contributed by atoms with E-state index in [0.29, 0.717) is 0 Å². The summed E-state index contributed by atoms with van der Waals surface area (Å²) in [6.45, 7) is 1.28. The molecule has 72 valence electrons. The van der Waals surface area contributed by atoms with Crippen molar-refractivity contribution in [2.24, 2.45) is 0 Å². The molecule has 6 heteroatoms. The Hall–Kier alpha value is -0.290. The fraction of sp³-hybridized carbons (Fsp3) is 0.286. The first-order valence-electron chi connectivity index (χ1n) is 3.22. The summed E-state index contributed by atoms with van der Waals surface area (Å²) in [6.07, 6.45) is -4.40. The molecule has 0 fully saturated rings. The van der Waals surface area contributed by atoms with Crippen molar-refractivity contribution >= 4 is 27.5 Å². The van der Waals surface area contributed by atoms with E-state index in [9.17, 15) is 13.2 Å². The van der Waals surface area contributed by atoms with Crippen LogP contribution in [0.2, 0.25) is 5.02 Å². The lowest BCUT2D eigenvalue weighted by Gasteiger charge is -2.09. The first-order valence-corrected chi connectivity index (χ1v) is 4.39. The molecule has 0 aliphatic carbocycles. The van der Waals surface area contributed by atoms with Crippen LogP contribution in [0.25, 0.3) is 0 Å². The second kappa shape index (κ2) is 3.46. The first kappa shape index (κ1) is 10.8. The monoisotopic (exact) mass is 273 g/mol. The van der Waals surface area contributed by atoms with Gasteiger partial charge in [-0.25, -0.2) is 4.98 Å². The summed E-state index contributed by atoms with van der Waals surface area (Å²) >= 11 is 8.42. The Labute approximate surface area is 86.0 Å². The smallest absolute Gasteiger partial charge is 0.244 e. The van der Waals surface area contributed by atoms with Crippen LogP contribution in [0.5, 0.6) is 0 Å². The van der Waals surface area contributed by atoms with Gasteiger partial charge in [0.2, 0.25) is 0 Å². The maximum atomic E-state index is 12.2. The predicted molar refractivity (Wildman–Crippen MR) is 46.7 cm³/mol. The Balaban J connectivity index is 3.32. The molecule has 0 saturated carbocycles. The lowest BCUT2D eigenvalue weighted by molar-refractivity contribution is -0.138. The zero-order valence-corrected chi connectivity index (χ0v) is 8.76. The zero-order valence-electron chi connectivity index (χ0n) is 6.41. The number of hydrogen-bond donors (Lipinski definition) is 0. The van der Waals surface area contributed by atoms with Crippen LogP contribution in [0.3, 0.4) is 0 Å². The largest absolute Gasteiger partial charge is 0.418 e. The van der Waals surface area contributed by atoms with Crippen LogP contribution >= 0.6 is 27.5 Å². The Kier molecular flexibility index (Phi) is 2.87. The van der Waals surface area contributed by atoms with E-state index in [1.807, 2.05) is 0 Å². The van der Waals surface area contributed by atoms with Gasteiger partial charge < -0.3 is 0 Å². The molecule has 0 spiro atoms. The van der Waals surface area contributed by atoms with Crippen molar-refractivity contribution in [2.75, 3.05) is 0 Å². The van der Waals surface area contributed by atoms with E-state index in [-0.39, 0.29) is 15.3 Å². The fourth-order valence-corrected chi connectivity index (χ4v) is 1.37. The molecule has 0 aliphatic heterocycles. The van der Waals surface area contributed by atoms with Gasteiger partial charge in [-0.15, -0.1) is 0 Å². The highest BCUT2D eigenvalue weighted by molar-refractivity contribution is 9.10. The Morgan fingerprint density at radius 3 is 2.46 bits per heavy atom. The van der Waals surface area contributed by atoms with Crippen LogP contribution in [0.1, 0.15) is 11.3 Å². The molecule has 1 nitrogen and oxygen atoms in total. The number of hydrogen-bond acceptors (Lipinski definition) is 1. The molecule has 1 aromatic heterocycles. The van der Waals surface area contributed by atoms with Gasteiger partial charge in [-0.3, -0.25) is 0 Å². The van der Waals surface area contributed by atoms with Crippen LogP contribution in [0.4, 0.5) is 13.2 Å². The highest BCUT2D eigenvalue weighted by Crippen LogP contribution is 2.34. The SMILES string of the molecule is Cc1nc(Br)c(Cl)cc1C(F)(F)F. The molecule has 0 aliphatic rings. The van der Waals surface area contributed by atoms with Crippen molar-refractivity contribution in [3.8, 4) is 0 Å². The normalized spacial score (nSPS) is 11.8. The second-order valence-corrected chi connectivity index (χ2v) is 3.55. The molecule has 0 N–H and O–H groups in total. The lowest BCUT2D eigenvalue weighted by atomic mass is 10.2. The van der Waals surface area contributed by atoms with Crippen molar-refractivity contribution < 1.29 is 13.2 Å². The number of nitrogens with zero attached hydrogens (tertiary/aromatic N) is 1. The summed E-state index contributed by atoms with van der Waals surface area (Å²) in [7, 11) is 0. The average Bonchev–Trinajstić information content (AvgIpc) is 1.94. The third-order valence-corrected chi connectivity index (χ3v) is 2.55. The van der Waals surface area contributed by atoms with E-state index >= 15 is 0 Å². The summed E-state index contributed by atoms with van der Waals surface area (Å²) in [5.74, 6) is 0. The summed E-state index contributed by atoms with van der Waals surface area (Å²) in [5, 5.41) is -0.0436. The van der Waals surface area contributed by atoms with E-state index in [4.69, 9.17) is 11.6 Å². The Morgan fingerprint density at radius 2 is 2.00 bits per heavy atom. The van der Waals surface area contributed by atoms with Gasteiger partial charge in [0.25, 0.3) is 0 Å². The molecular formula is C7H4BrClF3N. The van der Waals surface area contributed by atoms with Gasteiger partial charge in [0, 0.05) is 0 Å². The number of rotatable bonds is 0. The van der Waals surface area contributed by atoms with Crippen LogP contribution in [0, 0.1) is 6.92 Å². The summed E-state index contributed by atoms with van der Waals surface area (Å²) in [4.78, 5) is 3.60. The summed E-state index contributed by atoms with van der Waals surface area (Å²) < 4.78 is 37.0. The van der Waals surface area contributed by atoms with Gasteiger partial charge >= 0.3 is 6.18 Å². The van der Waals surface area contributed by atoms with E-state index in [0.717, 1.165) is 6.07 Å². The lowest BCUT2D eigenvalue weighted by Crippen LogP contribution is -2.08. The van der Waals surface area contributed by atoms with Crippen molar-refractivity contribution in [3.63, 3.8) is 0 Å². The first-order chi connectivity index (χ1) is 5.82. The van der Waals surface area contributed by atoms with Gasteiger partial charge in [-0.05, 0) is 28.9 Å². The zero-order chi connectivity index (χ0) is 10.2. The van der Waals surface area contributed by atoms with Crippen LogP contribution in [-0.2, 0) is 6.18 Å². The van der Waals surface area contributed by atoms with Crippen molar-refractivity contribution in [1.29, 1.82) is 0 Å². The van der Waals surface area contributed by atoms with Crippen LogP contribution < -0.4 is 0 Å². The molecule has 0 atom stereocenters. The van der Waals surface area contributed by atoms with Crippen LogP contribution in [-0.4, -0.2) is 4.98 Å². The van der Waals surface area contributed by atoms with Crippen LogP contribution in [0.15, 0.2) is 10.7 Å². The molecule has 1 rings (SSSR count). The van der Waals surface area contributed by atoms with Gasteiger partial charge in [0.1, 0.15) is 4.60 Å². The minimum absolute atomic E-state index is 0.0436. The minimum Gasteiger partial charge on any atom is -0.244 e. The number of aryl methyl sites for hydroxylation is 1. The Bertz CT molecular complexity index is 337. The fourth-order valence-electron chi connectivity index (χ4n) is 0.839. The number of aromatic nitrogens is 1. The molecular weight excluding hydrogens is 270 g/mol. The average molecular weight is 274 g/mol. The number of pyridine rings is 1. The molecule has 0 unspecified atom stereocenters. The van der Waals surface area contributed by atoms with Gasteiger partial charge in [0.15, 0.2) is 0 Å². The van der Waals surface area contributed by atoms with Crippen molar-refractivity contribution in [1.82, 2.24) is 4.98 Å². The minimum atomic E-state index is -4.40. The maximum Gasteiger partial charge on any atom is 0.418 e. The Morgan fingerprint density at radius 1 is 1.46 bits per heavy atom. The molecule has 13 heavy (non-hydrogen) atoms. The second-order valence-electron chi connectivity index (χ2n) is 2.39. The third-order valence-electron chi connectivity index (χ3n) is 1.43. The van der Waals surface area contributed by atoms with E-state index in [1.54, 1.807) is 0 Å². The van der Waals surface area contributed by atoms with Crippen molar-refractivity contribution in [3.05, 3.63) is 26.9 Å². The number of halogens is 5. The van der Waals surface area contributed by atoms with E-state index < -0.39 is 11.7 Å². The highest BCUT2D eigenvalue weighted by Gasteiger charge is 2.33.